The minimum absolute atomic E-state index is 0.0440. The Hall–Kier alpha value is -3.97. The van der Waals surface area contributed by atoms with Gasteiger partial charge in [0, 0.05) is 23.5 Å². The zero-order chi connectivity index (χ0) is 29.8. The number of nitrogens with zero attached hydrogens (tertiary/aromatic N) is 1. The second-order valence-electron chi connectivity index (χ2n) is 9.35. The number of nitrogens with two attached hydrogens (primary N) is 1. The number of primary amides is 1. The van der Waals surface area contributed by atoms with Crippen LogP contribution in [0.5, 0.6) is 0 Å². The smallest absolute Gasteiger partial charge is 0.369 e. The first-order valence-corrected chi connectivity index (χ1v) is 12.0. The lowest BCUT2D eigenvalue weighted by atomic mass is 9.80. The maximum Gasteiger partial charge on any atom is 0.391 e. The van der Waals surface area contributed by atoms with E-state index in [1.54, 1.807) is 30.3 Å². The first kappa shape index (κ1) is 30.6. The predicted molar refractivity (Wildman–Crippen MR) is 130 cm³/mol. The van der Waals surface area contributed by atoms with Crippen LogP contribution in [0.1, 0.15) is 37.3 Å². The number of benzene rings is 2. The Labute approximate surface area is 224 Å². The topological polar surface area (TPSA) is 114 Å². The van der Waals surface area contributed by atoms with Crippen molar-refractivity contribution in [2.75, 3.05) is 5.32 Å². The summed E-state index contributed by atoms with van der Waals surface area (Å²) in [6.45, 7) is 0.700. The van der Waals surface area contributed by atoms with E-state index >= 15 is 0 Å². The first-order valence-electron chi connectivity index (χ1n) is 12.0. The number of rotatable bonds is 9. The maximum absolute atomic E-state index is 14.7. The van der Waals surface area contributed by atoms with E-state index in [2.05, 4.69) is 15.6 Å². The van der Waals surface area contributed by atoms with Gasteiger partial charge < -0.3 is 16.4 Å². The van der Waals surface area contributed by atoms with Crippen LogP contribution in [0.2, 0.25) is 0 Å². The predicted octanol–water partition coefficient (Wildman–Crippen LogP) is 4.71. The van der Waals surface area contributed by atoms with Gasteiger partial charge in [-0.15, -0.1) is 0 Å². The van der Waals surface area contributed by atoms with Gasteiger partial charge >= 0.3 is 12.4 Å². The van der Waals surface area contributed by atoms with Gasteiger partial charge in [-0.05, 0) is 18.9 Å². The molecule has 40 heavy (non-hydrogen) atoms. The van der Waals surface area contributed by atoms with E-state index in [1.165, 1.54) is 12.1 Å². The number of carbonyl (C=O) groups is 3. The molecular weight excluding hydrogens is 549 g/mol. The summed E-state index contributed by atoms with van der Waals surface area (Å²) in [5.74, 6) is -10.8. The Balaban J connectivity index is 2.02. The number of alkyl halides is 6. The highest BCUT2D eigenvalue weighted by Crippen LogP contribution is 2.36. The van der Waals surface area contributed by atoms with Gasteiger partial charge in [-0.25, -0.2) is 9.38 Å². The maximum atomic E-state index is 14.7. The van der Waals surface area contributed by atoms with Crippen molar-refractivity contribution in [3.8, 4) is 0 Å². The highest BCUT2D eigenvalue weighted by Gasteiger charge is 2.44. The summed E-state index contributed by atoms with van der Waals surface area (Å²) in [6.07, 6.45) is -15.2. The first-order chi connectivity index (χ1) is 18.6. The second kappa shape index (κ2) is 12.0. The van der Waals surface area contributed by atoms with Crippen LogP contribution in [0.15, 0.2) is 53.5 Å². The Bertz CT molecular complexity index is 1280. The van der Waals surface area contributed by atoms with E-state index < -0.39 is 79.1 Å². The van der Waals surface area contributed by atoms with Crippen molar-refractivity contribution in [3.63, 3.8) is 0 Å². The van der Waals surface area contributed by atoms with E-state index in [-0.39, 0.29) is 17.0 Å². The number of fused-ring (bicyclic) bond motifs is 1. The van der Waals surface area contributed by atoms with Crippen molar-refractivity contribution in [1.29, 1.82) is 0 Å². The fraction of sp³-hybridized carbons (Fsp3) is 0.385. The molecule has 0 saturated heterocycles. The second-order valence-corrected chi connectivity index (χ2v) is 9.35. The zero-order valence-electron chi connectivity index (χ0n) is 20.9. The minimum atomic E-state index is -4.84. The van der Waals surface area contributed by atoms with E-state index in [4.69, 9.17) is 5.73 Å². The molecule has 4 atom stereocenters. The third kappa shape index (κ3) is 7.57. The largest absolute Gasteiger partial charge is 0.391 e. The van der Waals surface area contributed by atoms with Gasteiger partial charge in [-0.1, -0.05) is 49.4 Å². The molecule has 3 amide bonds. The highest BCUT2D eigenvalue weighted by molar-refractivity contribution is 6.20. The third-order valence-electron chi connectivity index (χ3n) is 6.44. The summed E-state index contributed by atoms with van der Waals surface area (Å²) >= 11 is 0. The molecule has 2 aromatic carbocycles. The molecule has 4 N–H and O–H groups in total. The van der Waals surface area contributed by atoms with Crippen LogP contribution in [-0.4, -0.2) is 42.0 Å². The summed E-state index contributed by atoms with van der Waals surface area (Å²) in [5, 5.41) is 4.42. The van der Waals surface area contributed by atoms with Crippen molar-refractivity contribution in [2.24, 2.45) is 28.5 Å². The Morgan fingerprint density at radius 3 is 2.25 bits per heavy atom. The standard InChI is InChI=1S/C26H25F7N4O3/c1-13(26(31,32)33)12-17(15(21(34)38)10-11-25(28,29)30)23(39)37-22-24(40)36-20-16(8-5-9-18(20)27)19(35-22)14-6-3-2-4-7-14/h2-9,13,15,17,22H,10-12H2,1H3,(H2,34,38)(H,36,40)(H,37,39)/t13-,15+,17-,22+/m0/s1. The molecule has 0 fully saturated rings. The molecule has 1 aliphatic heterocycles. The van der Waals surface area contributed by atoms with Crippen LogP contribution in [0, 0.1) is 23.6 Å². The lowest BCUT2D eigenvalue weighted by Gasteiger charge is -2.28. The number of aliphatic imine (C=N–C) groups is 1. The molecule has 3 rings (SSSR count). The lowest BCUT2D eigenvalue weighted by molar-refractivity contribution is -0.177. The van der Waals surface area contributed by atoms with Crippen LogP contribution in [0.25, 0.3) is 0 Å². The van der Waals surface area contributed by atoms with Crippen LogP contribution in [-0.2, 0) is 14.4 Å². The van der Waals surface area contributed by atoms with Crippen LogP contribution >= 0.6 is 0 Å². The highest BCUT2D eigenvalue weighted by atomic mass is 19.4. The third-order valence-corrected chi connectivity index (χ3v) is 6.44. The number of hydrogen-bond donors (Lipinski definition) is 3. The van der Waals surface area contributed by atoms with Crippen molar-refractivity contribution in [1.82, 2.24) is 5.32 Å². The number of anilines is 1. The normalized spacial score (nSPS) is 17.9. The number of para-hydroxylation sites is 1. The zero-order valence-corrected chi connectivity index (χ0v) is 20.9. The van der Waals surface area contributed by atoms with Gasteiger partial charge in [0.15, 0.2) is 0 Å². The van der Waals surface area contributed by atoms with E-state index in [1.807, 2.05) is 0 Å². The average Bonchev–Trinajstić information content (AvgIpc) is 2.99. The Kier molecular flexibility index (Phi) is 9.21. The van der Waals surface area contributed by atoms with Gasteiger partial charge in [0.05, 0.1) is 23.2 Å². The molecule has 0 saturated carbocycles. The van der Waals surface area contributed by atoms with Crippen molar-refractivity contribution in [3.05, 3.63) is 65.5 Å². The summed E-state index contributed by atoms with van der Waals surface area (Å²) in [6, 6.07) is 11.9. The fourth-order valence-corrected chi connectivity index (χ4v) is 4.29. The number of carbonyl (C=O) groups excluding carboxylic acids is 3. The van der Waals surface area contributed by atoms with E-state index in [0.29, 0.717) is 12.5 Å². The number of benzodiazepines with no additional fused rings is 1. The number of nitrogens with one attached hydrogen (secondary N) is 2. The summed E-state index contributed by atoms with van der Waals surface area (Å²) in [4.78, 5) is 42.6. The molecule has 14 heteroatoms. The molecule has 1 heterocycles. The van der Waals surface area contributed by atoms with Gasteiger partial charge in [0.25, 0.3) is 5.91 Å². The molecule has 0 spiro atoms. The van der Waals surface area contributed by atoms with Crippen molar-refractivity contribution >= 4 is 29.1 Å². The number of halogens is 7. The average molecular weight is 574 g/mol. The number of hydrogen-bond acceptors (Lipinski definition) is 4. The van der Waals surface area contributed by atoms with Gasteiger partial charge in [0.1, 0.15) is 5.82 Å². The van der Waals surface area contributed by atoms with Crippen LogP contribution < -0.4 is 16.4 Å². The summed E-state index contributed by atoms with van der Waals surface area (Å²) in [5.41, 5.74) is 5.54. The Morgan fingerprint density at radius 2 is 1.68 bits per heavy atom. The molecule has 0 bridgehead atoms. The lowest BCUT2D eigenvalue weighted by Crippen LogP contribution is -2.49. The van der Waals surface area contributed by atoms with E-state index in [9.17, 15) is 45.1 Å². The Morgan fingerprint density at radius 1 is 1.02 bits per heavy atom. The molecule has 0 radical (unpaired) electrons. The fourth-order valence-electron chi connectivity index (χ4n) is 4.29. The van der Waals surface area contributed by atoms with Crippen molar-refractivity contribution < 1.29 is 45.1 Å². The molecule has 0 aromatic heterocycles. The minimum Gasteiger partial charge on any atom is -0.369 e. The molecule has 0 unspecified atom stereocenters. The molecule has 7 nitrogen and oxygen atoms in total. The van der Waals surface area contributed by atoms with Gasteiger partial charge in [-0.3, -0.25) is 14.4 Å². The summed E-state index contributed by atoms with van der Waals surface area (Å²) in [7, 11) is 0. The van der Waals surface area contributed by atoms with Gasteiger partial charge in [0.2, 0.25) is 18.0 Å². The van der Waals surface area contributed by atoms with Gasteiger partial charge in [-0.2, -0.15) is 26.3 Å². The number of amides is 3. The van der Waals surface area contributed by atoms with Crippen molar-refractivity contribution in [2.45, 2.75) is 44.7 Å². The molecule has 1 aliphatic rings. The summed E-state index contributed by atoms with van der Waals surface area (Å²) < 4.78 is 93.4. The van der Waals surface area contributed by atoms with Crippen LogP contribution in [0.3, 0.4) is 0 Å². The monoisotopic (exact) mass is 574 g/mol. The molecule has 0 aliphatic carbocycles. The molecule has 216 valence electrons. The molecular formula is C26H25F7N4O3. The quantitative estimate of drug-likeness (QED) is 0.377. The van der Waals surface area contributed by atoms with Crippen LogP contribution in [0.4, 0.5) is 36.4 Å². The molecule has 2 aromatic rings. The SMILES string of the molecule is C[C@@H](C[C@H](C(=O)N[C@H]1N=C(c2ccccc2)c2cccc(F)c2NC1=O)[C@@H](CCC(F)(F)F)C(N)=O)C(F)(F)F. The van der Waals surface area contributed by atoms with E-state index in [0.717, 1.165) is 6.07 Å².